The quantitative estimate of drug-likeness (QED) is 0.915. The number of methoxy groups -OCH3 is 1. The summed E-state index contributed by atoms with van der Waals surface area (Å²) in [6.45, 7) is 4.09. The van der Waals surface area contributed by atoms with E-state index in [4.69, 9.17) is 10.5 Å². The Bertz CT molecular complexity index is 566. The molecule has 19 heavy (non-hydrogen) atoms. The van der Waals surface area contributed by atoms with E-state index in [2.05, 4.69) is 24.0 Å². The Hall–Kier alpha value is -1.87. The number of aryl methyl sites for hydroxylation is 2. The van der Waals surface area contributed by atoms with Crippen LogP contribution in [0.25, 0.3) is 0 Å². The molecule has 1 atom stereocenters. The fraction of sp³-hybridized carbons (Fsp3) is 0.312. The predicted octanol–water partition coefficient (Wildman–Crippen LogP) is 2.95. The maximum absolute atomic E-state index is 6.27. The molecule has 100 valence electrons. The van der Waals surface area contributed by atoms with Crippen LogP contribution in [0.2, 0.25) is 0 Å². The SMILES string of the molecule is COc1cc(C(N)Cc2ncccc2C)ccc1C. The Morgan fingerprint density at radius 2 is 2.00 bits per heavy atom. The first-order valence-corrected chi connectivity index (χ1v) is 6.42. The third-order valence-electron chi connectivity index (χ3n) is 3.39. The second-order valence-electron chi connectivity index (χ2n) is 4.81. The summed E-state index contributed by atoms with van der Waals surface area (Å²) in [5.74, 6) is 0.880. The molecule has 2 N–H and O–H groups in total. The Kier molecular flexibility index (Phi) is 4.17. The highest BCUT2D eigenvalue weighted by molar-refractivity contribution is 5.38. The van der Waals surface area contributed by atoms with E-state index in [9.17, 15) is 0 Å². The first-order valence-electron chi connectivity index (χ1n) is 6.42. The van der Waals surface area contributed by atoms with Crippen LogP contribution in [0.15, 0.2) is 36.5 Å². The van der Waals surface area contributed by atoms with E-state index in [1.165, 1.54) is 5.56 Å². The average molecular weight is 256 g/mol. The molecule has 0 radical (unpaired) electrons. The molecular weight excluding hydrogens is 236 g/mol. The summed E-state index contributed by atoms with van der Waals surface area (Å²) >= 11 is 0. The predicted molar refractivity (Wildman–Crippen MR) is 77.3 cm³/mol. The number of hydrogen-bond acceptors (Lipinski definition) is 3. The van der Waals surface area contributed by atoms with Gasteiger partial charge in [-0.3, -0.25) is 4.98 Å². The second kappa shape index (κ2) is 5.85. The van der Waals surface area contributed by atoms with Gasteiger partial charge in [-0.15, -0.1) is 0 Å². The molecule has 1 aromatic heterocycles. The summed E-state index contributed by atoms with van der Waals surface area (Å²) in [6, 6.07) is 10.0. The molecule has 0 spiro atoms. The van der Waals surface area contributed by atoms with Crippen LogP contribution in [-0.4, -0.2) is 12.1 Å². The molecule has 2 rings (SSSR count). The number of nitrogens with two attached hydrogens (primary N) is 1. The number of benzene rings is 1. The number of nitrogens with zero attached hydrogens (tertiary/aromatic N) is 1. The van der Waals surface area contributed by atoms with Gasteiger partial charge in [0.05, 0.1) is 7.11 Å². The van der Waals surface area contributed by atoms with Crippen molar-refractivity contribution in [3.8, 4) is 5.75 Å². The first-order chi connectivity index (χ1) is 9.11. The number of ether oxygens (including phenoxy) is 1. The number of rotatable bonds is 4. The fourth-order valence-corrected chi connectivity index (χ4v) is 2.13. The highest BCUT2D eigenvalue weighted by atomic mass is 16.5. The van der Waals surface area contributed by atoms with Gasteiger partial charge in [0, 0.05) is 24.4 Å². The second-order valence-corrected chi connectivity index (χ2v) is 4.81. The standard InChI is InChI=1S/C16H20N2O/c1-11-5-4-8-18-15(11)10-14(17)13-7-6-12(2)16(9-13)19-3/h4-9,14H,10,17H2,1-3H3. The molecule has 2 aromatic rings. The maximum Gasteiger partial charge on any atom is 0.122 e. The summed E-state index contributed by atoms with van der Waals surface area (Å²) in [6.07, 6.45) is 2.55. The Morgan fingerprint density at radius 3 is 2.68 bits per heavy atom. The molecule has 3 nitrogen and oxygen atoms in total. The van der Waals surface area contributed by atoms with Crippen molar-refractivity contribution in [2.45, 2.75) is 26.3 Å². The van der Waals surface area contributed by atoms with E-state index < -0.39 is 0 Å². The maximum atomic E-state index is 6.27. The van der Waals surface area contributed by atoms with Gasteiger partial charge >= 0.3 is 0 Å². The number of aromatic nitrogens is 1. The van der Waals surface area contributed by atoms with Crippen LogP contribution in [0.5, 0.6) is 5.75 Å². The van der Waals surface area contributed by atoms with Crippen LogP contribution < -0.4 is 10.5 Å². The average Bonchev–Trinajstić information content (AvgIpc) is 2.42. The van der Waals surface area contributed by atoms with Gasteiger partial charge < -0.3 is 10.5 Å². The van der Waals surface area contributed by atoms with Gasteiger partial charge in [-0.2, -0.15) is 0 Å². The van der Waals surface area contributed by atoms with Gasteiger partial charge in [0.2, 0.25) is 0 Å². The summed E-state index contributed by atoms with van der Waals surface area (Å²) in [4.78, 5) is 4.39. The lowest BCUT2D eigenvalue weighted by atomic mass is 9.99. The Labute approximate surface area is 114 Å². The summed E-state index contributed by atoms with van der Waals surface area (Å²) in [5, 5.41) is 0. The van der Waals surface area contributed by atoms with E-state index in [1.807, 2.05) is 31.3 Å². The number of pyridine rings is 1. The molecule has 0 amide bonds. The molecule has 1 unspecified atom stereocenters. The van der Waals surface area contributed by atoms with Gasteiger partial charge in [0.1, 0.15) is 5.75 Å². The lowest BCUT2D eigenvalue weighted by molar-refractivity contribution is 0.410. The molecule has 1 heterocycles. The van der Waals surface area contributed by atoms with Gasteiger partial charge in [0.15, 0.2) is 0 Å². The van der Waals surface area contributed by atoms with Crippen molar-refractivity contribution in [3.63, 3.8) is 0 Å². The Balaban J connectivity index is 2.20. The van der Waals surface area contributed by atoms with Crippen molar-refractivity contribution < 1.29 is 4.74 Å². The highest BCUT2D eigenvalue weighted by Crippen LogP contribution is 2.24. The van der Waals surface area contributed by atoms with Gasteiger partial charge in [-0.05, 0) is 42.7 Å². The van der Waals surface area contributed by atoms with E-state index in [-0.39, 0.29) is 6.04 Å². The molecule has 0 saturated heterocycles. The van der Waals surface area contributed by atoms with Crippen molar-refractivity contribution in [2.75, 3.05) is 7.11 Å². The van der Waals surface area contributed by atoms with Crippen molar-refractivity contribution in [1.82, 2.24) is 4.98 Å². The first kappa shape index (κ1) is 13.6. The van der Waals surface area contributed by atoms with Crippen LogP contribution >= 0.6 is 0 Å². The van der Waals surface area contributed by atoms with Crippen molar-refractivity contribution in [1.29, 1.82) is 0 Å². The van der Waals surface area contributed by atoms with Crippen LogP contribution in [-0.2, 0) is 6.42 Å². The van der Waals surface area contributed by atoms with Crippen molar-refractivity contribution in [3.05, 3.63) is 58.9 Å². The molecule has 0 saturated carbocycles. The summed E-state index contributed by atoms with van der Waals surface area (Å²) in [5.41, 5.74) is 10.7. The van der Waals surface area contributed by atoms with E-state index >= 15 is 0 Å². The van der Waals surface area contributed by atoms with Gasteiger partial charge in [0.25, 0.3) is 0 Å². The zero-order chi connectivity index (χ0) is 13.8. The lowest BCUT2D eigenvalue weighted by Crippen LogP contribution is -2.15. The monoisotopic (exact) mass is 256 g/mol. The van der Waals surface area contributed by atoms with Crippen molar-refractivity contribution >= 4 is 0 Å². The third kappa shape index (κ3) is 3.12. The zero-order valence-electron chi connectivity index (χ0n) is 11.7. The van der Waals surface area contributed by atoms with E-state index in [0.29, 0.717) is 0 Å². The topological polar surface area (TPSA) is 48.1 Å². The fourth-order valence-electron chi connectivity index (χ4n) is 2.13. The smallest absolute Gasteiger partial charge is 0.122 e. The van der Waals surface area contributed by atoms with Gasteiger partial charge in [-0.25, -0.2) is 0 Å². The lowest BCUT2D eigenvalue weighted by Gasteiger charge is -2.15. The molecular formula is C16H20N2O. The minimum Gasteiger partial charge on any atom is -0.496 e. The molecule has 0 aliphatic carbocycles. The van der Waals surface area contributed by atoms with Crippen LogP contribution in [0.1, 0.15) is 28.4 Å². The Morgan fingerprint density at radius 1 is 1.21 bits per heavy atom. The van der Waals surface area contributed by atoms with E-state index in [0.717, 1.165) is 29.0 Å². The third-order valence-corrected chi connectivity index (χ3v) is 3.39. The summed E-state index contributed by atoms with van der Waals surface area (Å²) in [7, 11) is 1.68. The molecule has 1 aromatic carbocycles. The minimum absolute atomic E-state index is 0.0666. The summed E-state index contributed by atoms with van der Waals surface area (Å²) < 4.78 is 5.34. The van der Waals surface area contributed by atoms with Crippen LogP contribution in [0.4, 0.5) is 0 Å². The molecule has 0 aliphatic heterocycles. The van der Waals surface area contributed by atoms with E-state index in [1.54, 1.807) is 7.11 Å². The van der Waals surface area contributed by atoms with Crippen LogP contribution in [0.3, 0.4) is 0 Å². The van der Waals surface area contributed by atoms with Crippen molar-refractivity contribution in [2.24, 2.45) is 5.73 Å². The van der Waals surface area contributed by atoms with Gasteiger partial charge in [-0.1, -0.05) is 18.2 Å². The van der Waals surface area contributed by atoms with Crippen LogP contribution in [0, 0.1) is 13.8 Å². The molecule has 0 aliphatic rings. The largest absolute Gasteiger partial charge is 0.496 e. The molecule has 0 fully saturated rings. The zero-order valence-corrected chi connectivity index (χ0v) is 11.7. The normalized spacial score (nSPS) is 12.2. The highest BCUT2D eigenvalue weighted by Gasteiger charge is 2.11. The molecule has 0 bridgehead atoms. The molecule has 3 heteroatoms. The number of hydrogen-bond donors (Lipinski definition) is 1. The minimum atomic E-state index is -0.0666.